The molecule has 0 aliphatic heterocycles. The Hall–Kier alpha value is -1.01. The van der Waals surface area contributed by atoms with Crippen molar-refractivity contribution in [2.24, 2.45) is 0 Å². The first kappa shape index (κ1) is 11.0. The molecule has 0 fully saturated rings. The van der Waals surface area contributed by atoms with Crippen LogP contribution < -0.4 is 5.73 Å². The molecule has 1 aromatic heterocycles. The first-order valence-corrected chi connectivity index (χ1v) is 2.59. The van der Waals surface area contributed by atoms with Crippen LogP contribution in [-0.4, -0.2) is 4.98 Å². The van der Waals surface area contributed by atoms with E-state index in [2.05, 4.69) is 11.1 Å². The Morgan fingerprint density at radius 1 is 1.50 bits per heavy atom. The van der Waals surface area contributed by atoms with E-state index < -0.39 is 17.5 Å². The summed E-state index contributed by atoms with van der Waals surface area (Å²) in [7, 11) is 0. The Bertz CT molecular complexity index is 311. The largest absolute Gasteiger partial charge is 0.417 e. The van der Waals surface area contributed by atoms with E-state index in [4.69, 9.17) is 11.0 Å². The van der Waals surface area contributed by atoms with E-state index in [-0.39, 0.29) is 26.8 Å². The van der Waals surface area contributed by atoms with Gasteiger partial charge in [0.25, 0.3) is 0 Å². The maximum atomic E-state index is 12.3. The van der Waals surface area contributed by atoms with Gasteiger partial charge >= 0.3 is 0 Å². The molecule has 0 atom stereocenters. The van der Waals surface area contributed by atoms with Gasteiger partial charge in [0.05, 0.1) is 5.82 Å². The first-order valence-electron chi connectivity index (χ1n) is 2.59. The molecule has 0 bridgehead atoms. The van der Waals surface area contributed by atoms with E-state index >= 15 is 0 Å². The van der Waals surface area contributed by atoms with Crippen LogP contribution >= 0.6 is 0 Å². The third-order valence-electron chi connectivity index (χ3n) is 0.987. The molecule has 0 radical (unpaired) electrons. The molecule has 0 aliphatic carbocycles. The molecular weight excluding hydrogens is 336 g/mol. The van der Waals surface area contributed by atoms with Crippen molar-refractivity contribution < 1.29 is 29.8 Å². The van der Waals surface area contributed by atoms with Gasteiger partial charge in [0.2, 0.25) is 0 Å². The van der Waals surface area contributed by atoms with Crippen LogP contribution in [0.1, 0.15) is 5.69 Å². The zero-order valence-electron chi connectivity index (χ0n) is 5.64. The third kappa shape index (κ3) is 1.99. The van der Waals surface area contributed by atoms with E-state index in [9.17, 15) is 8.78 Å². The Morgan fingerprint density at radius 3 is 2.50 bits per heavy atom. The number of hydrogen-bond acceptors (Lipinski definition) is 3. The maximum absolute atomic E-state index is 12.3. The van der Waals surface area contributed by atoms with Crippen LogP contribution in [0.4, 0.5) is 14.5 Å². The Labute approximate surface area is 81.5 Å². The summed E-state index contributed by atoms with van der Waals surface area (Å²) in [5, 5.41) is 8.19. The van der Waals surface area contributed by atoms with Gasteiger partial charge in [-0.25, -0.2) is 4.98 Å². The van der Waals surface area contributed by atoms with Gasteiger partial charge in [-0.2, -0.15) is 4.39 Å². The normalized spacial score (nSPS) is 8.42. The molecule has 0 spiro atoms. The van der Waals surface area contributed by atoms with Gasteiger partial charge in [-0.05, 0) is 11.8 Å². The molecule has 1 rings (SSSR count). The molecular formula is C6H2F2N3W-. The molecule has 62 valence electrons. The third-order valence-corrected chi connectivity index (χ3v) is 0.987. The summed E-state index contributed by atoms with van der Waals surface area (Å²) in [6.07, 6.45) is 0. The Balaban J connectivity index is 0.00000121. The molecule has 0 aliphatic rings. The second-order valence-corrected chi connectivity index (χ2v) is 1.72. The zero-order valence-corrected chi connectivity index (χ0v) is 8.57. The van der Waals surface area contributed by atoms with Crippen LogP contribution in [-0.2, 0) is 21.1 Å². The second-order valence-electron chi connectivity index (χ2n) is 1.72. The minimum absolute atomic E-state index is 0. The van der Waals surface area contributed by atoms with Crippen LogP contribution in [0, 0.1) is 29.2 Å². The Morgan fingerprint density at radius 2 is 2.08 bits per heavy atom. The summed E-state index contributed by atoms with van der Waals surface area (Å²) in [5.41, 5.74) is 4.04. The summed E-state index contributed by atoms with van der Waals surface area (Å²) < 4.78 is 24.6. The molecule has 0 aromatic carbocycles. The molecule has 1 heterocycles. The first-order chi connectivity index (χ1) is 5.15. The maximum Gasteiger partial charge on any atom is 0.193 e. The van der Waals surface area contributed by atoms with Gasteiger partial charge in [0.15, 0.2) is 5.95 Å². The average molecular weight is 338 g/mol. The van der Waals surface area contributed by atoms with Gasteiger partial charge in [-0.3, -0.25) is 9.65 Å². The number of halogens is 2. The van der Waals surface area contributed by atoms with Crippen molar-refractivity contribution in [3.8, 4) is 6.07 Å². The van der Waals surface area contributed by atoms with Gasteiger partial charge in [0.1, 0.15) is 0 Å². The van der Waals surface area contributed by atoms with E-state index in [1.54, 1.807) is 0 Å². The number of hydrogen-bond donors (Lipinski definition) is 1. The average Bonchev–Trinajstić information content (AvgIpc) is 1.99. The monoisotopic (exact) mass is 338 g/mol. The quantitative estimate of drug-likeness (QED) is 0.557. The van der Waals surface area contributed by atoms with Crippen molar-refractivity contribution in [2.45, 2.75) is 0 Å². The number of nitrogens with zero attached hydrogens (tertiary/aromatic N) is 2. The number of anilines is 1. The predicted octanol–water partition coefficient (Wildman–Crippen LogP) is 0.611. The fraction of sp³-hybridized carbons (Fsp3) is 0. The fourth-order valence-electron chi connectivity index (χ4n) is 0.522. The molecule has 3 nitrogen and oxygen atoms in total. The van der Waals surface area contributed by atoms with E-state index in [0.717, 1.165) is 0 Å². The van der Waals surface area contributed by atoms with Gasteiger partial charge in [0, 0.05) is 26.8 Å². The van der Waals surface area contributed by atoms with E-state index in [1.165, 1.54) is 6.07 Å². The summed E-state index contributed by atoms with van der Waals surface area (Å²) in [6, 6.07) is 3.54. The van der Waals surface area contributed by atoms with Gasteiger partial charge in [-0.1, -0.05) is 0 Å². The van der Waals surface area contributed by atoms with E-state index in [0.29, 0.717) is 0 Å². The summed E-state index contributed by atoms with van der Waals surface area (Å²) in [6.45, 7) is 0. The molecule has 12 heavy (non-hydrogen) atoms. The van der Waals surface area contributed by atoms with Crippen molar-refractivity contribution >= 4 is 5.69 Å². The topological polar surface area (TPSA) is 62.7 Å². The smallest absolute Gasteiger partial charge is 0.193 e. The number of pyridine rings is 1. The van der Waals surface area contributed by atoms with Crippen LogP contribution in [0.15, 0.2) is 0 Å². The summed E-state index contributed by atoms with van der Waals surface area (Å²) >= 11 is 0. The molecule has 0 saturated heterocycles. The van der Waals surface area contributed by atoms with Crippen molar-refractivity contribution in [1.29, 1.82) is 5.26 Å². The van der Waals surface area contributed by atoms with Crippen LogP contribution in [0.3, 0.4) is 0 Å². The Kier molecular flexibility index (Phi) is 3.78. The number of nitrogens with two attached hydrogens (primary N) is 1. The molecule has 6 heteroatoms. The number of nitriles is 1. The van der Waals surface area contributed by atoms with Crippen molar-refractivity contribution in [2.75, 3.05) is 5.73 Å². The summed E-state index contributed by atoms with van der Waals surface area (Å²) in [4.78, 5) is 2.91. The molecule has 0 amide bonds. The van der Waals surface area contributed by atoms with E-state index in [1.807, 2.05) is 0 Å². The zero-order chi connectivity index (χ0) is 8.43. The molecule has 2 N–H and O–H groups in total. The van der Waals surface area contributed by atoms with Gasteiger partial charge in [-0.15, -0.1) is 6.07 Å². The molecule has 1 aromatic rings. The number of aromatic nitrogens is 1. The van der Waals surface area contributed by atoms with Crippen LogP contribution in [0.25, 0.3) is 0 Å². The summed E-state index contributed by atoms with van der Waals surface area (Å²) in [5.74, 6) is -2.65. The molecule has 0 saturated carbocycles. The minimum atomic E-state index is -1.38. The fourth-order valence-corrected chi connectivity index (χ4v) is 0.522. The van der Waals surface area contributed by atoms with Crippen LogP contribution in [0.5, 0.6) is 0 Å². The van der Waals surface area contributed by atoms with Crippen LogP contribution in [0.2, 0.25) is 0 Å². The molecule has 0 unspecified atom stereocenters. The number of nitrogen functional groups attached to an aromatic ring is 1. The second kappa shape index (κ2) is 4.12. The van der Waals surface area contributed by atoms with Gasteiger partial charge < -0.3 is 5.73 Å². The standard InChI is InChI=1S/C6H2F2N3.W/c7-5-4(10)1-3(2-9)11-6(5)8;/h(H2,10,11);/q-1;. The van der Waals surface area contributed by atoms with Crippen molar-refractivity contribution in [1.82, 2.24) is 4.98 Å². The minimum Gasteiger partial charge on any atom is -0.417 e. The SMILES string of the molecule is N#Cc1[c-]c(N)c(F)c(F)n1.[W]. The van der Waals surface area contributed by atoms with Crippen molar-refractivity contribution in [3.63, 3.8) is 0 Å². The number of rotatable bonds is 0. The van der Waals surface area contributed by atoms with Crippen molar-refractivity contribution in [3.05, 3.63) is 23.5 Å². The predicted molar refractivity (Wildman–Crippen MR) is 32.1 cm³/mol.